The largest absolute Gasteiger partial charge is 0.485 e. The molecule has 130 valence electrons. The molecule has 0 aliphatic rings. The standard InChI is InChI=1S/C19H22N4O2/c1-14-3-4-17(12-21-14)9-10-20-11-16-5-7-18(8-6-16)24-13-19-22-15(2)25-23-19/h3-8,12,20H,9-11,13H2,1-2H3. The number of hydrogen-bond donors (Lipinski definition) is 1. The quantitative estimate of drug-likeness (QED) is 0.637. The molecular weight excluding hydrogens is 316 g/mol. The first-order valence-corrected chi connectivity index (χ1v) is 8.32. The maximum atomic E-state index is 5.64. The summed E-state index contributed by atoms with van der Waals surface area (Å²) in [7, 11) is 0. The summed E-state index contributed by atoms with van der Waals surface area (Å²) in [6.45, 7) is 5.80. The van der Waals surface area contributed by atoms with Gasteiger partial charge in [-0.3, -0.25) is 4.98 Å². The second-order valence-electron chi connectivity index (χ2n) is 5.90. The summed E-state index contributed by atoms with van der Waals surface area (Å²) in [6.07, 6.45) is 2.91. The molecule has 0 radical (unpaired) electrons. The van der Waals surface area contributed by atoms with Crippen LogP contribution in [0.3, 0.4) is 0 Å². The summed E-state index contributed by atoms with van der Waals surface area (Å²) in [6, 6.07) is 12.2. The van der Waals surface area contributed by atoms with E-state index in [9.17, 15) is 0 Å². The first-order valence-electron chi connectivity index (χ1n) is 8.32. The van der Waals surface area contributed by atoms with Gasteiger partial charge in [-0.1, -0.05) is 23.4 Å². The Morgan fingerprint density at radius 3 is 2.52 bits per heavy atom. The van der Waals surface area contributed by atoms with E-state index in [0.29, 0.717) is 18.3 Å². The van der Waals surface area contributed by atoms with E-state index >= 15 is 0 Å². The lowest BCUT2D eigenvalue weighted by atomic mass is 10.2. The zero-order valence-electron chi connectivity index (χ0n) is 14.5. The molecule has 1 aromatic carbocycles. The van der Waals surface area contributed by atoms with Gasteiger partial charge in [-0.25, -0.2) is 0 Å². The van der Waals surface area contributed by atoms with Gasteiger partial charge in [0, 0.05) is 25.4 Å². The zero-order chi connectivity index (χ0) is 17.5. The van der Waals surface area contributed by atoms with Crippen molar-refractivity contribution in [2.75, 3.05) is 6.54 Å². The molecule has 25 heavy (non-hydrogen) atoms. The summed E-state index contributed by atoms with van der Waals surface area (Å²) < 4.78 is 10.6. The average Bonchev–Trinajstić information content (AvgIpc) is 3.05. The molecule has 0 saturated heterocycles. The van der Waals surface area contributed by atoms with E-state index in [-0.39, 0.29) is 0 Å². The van der Waals surface area contributed by atoms with Gasteiger partial charge in [-0.2, -0.15) is 4.98 Å². The Kier molecular flexibility index (Phi) is 5.74. The van der Waals surface area contributed by atoms with E-state index in [1.54, 1.807) is 6.92 Å². The van der Waals surface area contributed by atoms with Crippen molar-refractivity contribution in [2.24, 2.45) is 0 Å². The molecule has 0 unspecified atom stereocenters. The number of rotatable bonds is 8. The predicted octanol–water partition coefficient (Wildman–Crippen LogP) is 2.99. The third-order valence-electron chi connectivity index (χ3n) is 3.75. The summed E-state index contributed by atoms with van der Waals surface area (Å²) in [5.41, 5.74) is 3.51. The Labute approximate surface area is 147 Å². The Balaban J connectivity index is 1.39. The van der Waals surface area contributed by atoms with Gasteiger partial charge < -0.3 is 14.6 Å². The number of nitrogens with one attached hydrogen (secondary N) is 1. The number of benzene rings is 1. The van der Waals surface area contributed by atoms with Crippen molar-refractivity contribution in [1.29, 1.82) is 0 Å². The minimum atomic E-state index is 0.305. The summed E-state index contributed by atoms with van der Waals surface area (Å²) in [5.74, 6) is 1.88. The monoisotopic (exact) mass is 338 g/mol. The van der Waals surface area contributed by atoms with Gasteiger partial charge >= 0.3 is 0 Å². The van der Waals surface area contributed by atoms with Gasteiger partial charge in [0.25, 0.3) is 0 Å². The Morgan fingerprint density at radius 2 is 1.84 bits per heavy atom. The molecule has 6 nitrogen and oxygen atoms in total. The fourth-order valence-electron chi connectivity index (χ4n) is 2.36. The predicted molar refractivity (Wildman–Crippen MR) is 94.2 cm³/mol. The van der Waals surface area contributed by atoms with Crippen LogP contribution in [0.5, 0.6) is 5.75 Å². The summed E-state index contributed by atoms with van der Waals surface area (Å²) in [4.78, 5) is 8.42. The van der Waals surface area contributed by atoms with Crippen molar-refractivity contribution in [3.63, 3.8) is 0 Å². The van der Waals surface area contributed by atoms with E-state index in [2.05, 4.69) is 38.6 Å². The number of aryl methyl sites for hydroxylation is 2. The van der Waals surface area contributed by atoms with Crippen molar-refractivity contribution >= 4 is 0 Å². The number of ether oxygens (including phenoxy) is 1. The molecular formula is C19H22N4O2. The highest BCUT2D eigenvalue weighted by molar-refractivity contribution is 5.27. The Morgan fingerprint density at radius 1 is 1.04 bits per heavy atom. The normalized spacial score (nSPS) is 10.8. The number of aromatic nitrogens is 3. The lowest BCUT2D eigenvalue weighted by Gasteiger charge is -2.07. The molecule has 0 spiro atoms. The molecule has 6 heteroatoms. The number of hydrogen-bond acceptors (Lipinski definition) is 6. The van der Waals surface area contributed by atoms with E-state index in [1.165, 1.54) is 11.1 Å². The van der Waals surface area contributed by atoms with E-state index in [0.717, 1.165) is 31.0 Å². The van der Waals surface area contributed by atoms with Crippen LogP contribution in [0, 0.1) is 13.8 Å². The van der Waals surface area contributed by atoms with Gasteiger partial charge in [0.05, 0.1) is 0 Å². The van der Waals surface area contributed by atoms with Crippen molar-refractivity contribution in [3.05, 3.63) is 71.1 Å². The highest BCUT2D eigenvalue weighted by atomic mass is 16.5. The van der Waals surface area contributed by atoms with Crippen LogP contribution in [0.1, 0.15) is 28.5 Å². The molecule has 3 rings (SSSR count). The van der Waals surface area contributed by atoms with Gasteiger partial charge in [-0.05, 0) is 49.2 Å². The van der Waals surface area contributed by atoms with Crippen molar-refractivity contribution in [1.82, 2.24) is 20.4 Å². The van der Waals surface area contributed by atoms with Crippen LogP contribution >= 0.6 is 0 Å². The van der Waals surface area contributed by atoms with Gasteiger partial charge in [0.1, 0.15) is 5.75 Å². The van der Waals surface area contributed by atoms with Crippen LogP contribution in [-0.2, 0) is 19.6 Å². The lowest BCUT2D eigenvalue weighted by molar-refractivity contribution is 0.285. The fourth-order valence-corrected chi connectivity index (χ4v) is 2.36. The maximum absolute atomic E-state index is 5.64. The topological polar surface area (TPSA) is 73.1 Å². The zero-order valence-corrected chi connectivity index (χ0v) is 14.5. The molecule has 0 bridgehead atoms. The van der Waals surface area contributed by atoms with Crippen LogP contribution in [0.4, 0.5) is 0 Å². The lowest BCUT2D eigenvalue weighted by Crippen LogP contribution is -2.16. The van der Waals surface area contributed by atoms with Crippen LogP contribution in [0.2, 0.25) is 0 Å². The minimum absolute atomic E-state index is 0.305. The SMILES string of the molecule is Cc1ccc(CCNCc2ccc(OCc3noc(C)n3)cc2)cn1. The second-order valence-corrected chi connectivity index (χ2v) is 5.90. The highest BCUT2D eigenvalue weighted by Crippen LogP contribution is 2.13. The van der Waals surface area contributed by atoms with E-state index < -0.39 is 0 Å². The first kappa shape index (κ1) is 17.1. The molecule has 0 saturated carbocycles. The average molecular weight is 338 g/mol. The molecule has 0 aliphatic carbocycles. The molecule has 0 aliphatic heterocycles. The van der Waals surface area contributed by atoms with Crippen molar-refractivity contribution in [3.8, 4) is 5.75 Å². The van der Waals surface area contributed by atoms with E-state index in [1.807, 2.05) is 31.3 Å². The molecule has 0 atom stereocenters. The number of nitrogens with zero attached hydrogens (tertiary/aromatic N) is 3. The molecule has 2 aromatic heterocycles. The molecule has 3 aromatic rings. The van der Waals surface area contributed by atoms with Gasteiger partial charge in [0.15, 0.2) is 6.61 Å². The highest BCUT2D eigenvalue weighted by Gasteiger charge is 2.03. The van der Waals surface area contributed by atoms with Crippen LogP contribution < -0.4 is 10.1 Å². The Hall–Kier alpha value is -2.73. The molecule has 0 amide bonds. The maximum Gasteiger partial charge on any atom is 0.223 e. The van der Waals surface area contributed by atoms with Crippen LogP contribution in [-0.4, -0.2) is 21.7 Å². The minimum Gasteiger partial charge on any atom is -0.485 e. The fraction of sp³-hybridized carbons (Fsp3) is 0.316. The molecule has 2 heterocycles. The van der Waals surface area contributed by atoms with Crippen molar-refractivity contribution in [2.45, 2.75) is 33.4 Å². The van der Waals surface area contributed by atoms with Gasteiger partial charge in [0.2, 0.25) is 11.7 Å². The van der Waals surface area contributed by atoms with Crippen LogP contribution in [0.15, 0.2) is 47.1 Å². The summed E-state index contributed by atoms with van der Waals surface area (Å²) in [5, 5.41) is 7.25. The first-order chi connectivity index (χ1) is 12.2. The van der Waals surface area contributed by atoms with Crippen molar-refractivity contribution < 1.29 is 9.26 Å². The molecule has 0 fully saturated rings. The Bertz CT molecular complexity index is 782. The van der Waals surface area contributed by atoms with Gasteiger partial charge in [-0.15, -0.1) is 0 Å². The molecule has 1 N–H and O–H groups in total. The van der Waals surface area contributed by atoms with Crippen LogP contribution in [0.25, 0.3) is 0 Å². The summed E-state index contributed by atoms with van der Waals surface area (Å²) >= 11 is 0. The second kappa shape index (κ2) is 8.39. The third kappa shape index (κ3) is 5.39. The smallest absolute Gasteiger partial charge is 0.223 e. The third-order valence-corrected chi connectivity index (χ3v) is 3.75. The van der Waals surface area contributed by atoms with E-state index in [4.69, 9.17) is 9.26 Å². The number of pyridine rings is 1.